The summed E-state index contributed by atoms with van der Waals surface area (Å²) in [5, 5.41) is 10.6. The van der Waals surface area contributed by atoms with Crippen molar-refractivity contribution in [2.75, 3.05) is 26.8 Å². The second-order valence-corrected chi connectivity index (χ2v) is 6.42. The molecule has 2 N–H and O–H groups in total. The summed E-state index contributed by atoms with van der Waals surface area (Å²) in [5.74, 6) is 1.82. The lowest BCUT2D eigenvalue weighted by molar-refractivity contribution is 0.324. The average molecular weight is 361 g/mol. The number of nitrogens with one attached hydrogen (secondary N) is 2. The first-order valence-corrected chi connectivity index (χ1v) is 7.86. The Kier molecular flexibility index (Phi) is 5.81. The van der Waals surface area contributed by atoms with Crippen molar-refractivity contribution < 1.29 is 14.2 Å². The van der Waals surface area contributed by atoms with Gasteiger partial charge in [-0.05, 0) is 12.1 Å². The van der Waals surface area contributed by atoms with Gasteiger partial charge in [0.2, 0.25) is 5.75 Å². The number of hydrogen-bond donors (Lipinski definition) is 2. The Labute approximate surface area is 151 Å². The molecule has 26 heavy (non-hydrogen) atoms. The van der Waals surface area contributed by atoms with Gasteiger partial charge < -0.3 is 14.2 Å². The van der Waals surface area contributed by atoms with Crippen molar-refractivity contribution in [3.8, 4) is 17.2 Å². The molecular formula is C17H23N5O4. The maximum atomic E-state index is 11.5. The fourth-order valence-corrected chi connectivity index (χ4v) is 2.28. The molecule has 0 spiro atoms. The number of H-pyrrole nitrogens is 1. The van der Waals surface area contributed by atoms with E-state index in [0.717, 1.165) is 0 Å². The number of aromatic nitrogens is 3. The molecule has 2 aromatic rings. The highest BCUT2D eigenvalue weighted by Crippen LogP contribution is 2.37. The first kappa shape index (κ1) is 19.2. The molecule has 0 atom stereocenters. The largest absolute Gasteiger partial charge is 0.493 e. The van der Waals surface area contributed by atoms with Crippen LogP contribution >= 0.6 is 0 Å². The molecule has 2 rings (SSSR count). The smallest absolute Gasteiger partial charge is 0.363 e. The van der Waals surface area contributed by atoms with E-state index in [0.29, 0.717) is 34.3 Å². The van der Waals surface area contributed by atoms with E-state index < -0.39 is 5.69 Å². The number of methoxy groups -OCH3 is 3. The Balaban J connectivity index is 2.32. The lowest BCUT2D eigenvalue weighted by atomic mass is 9.92. The van der Waals surface area contributed by atoms with Gasteiger partial charge in [0.25, 0.3) is 0 Å². The predicted molar refractivity (Wildman–Crippen MR) is 98.7 cm³/mol. The highest BCUT2D eigenvalue weighted by Gasteiger charge is 2.21. The summed E-state index contributed by atoms with van der Waals surface area (Å²) in [7, 11) is 4.62. The minimum Gasteiger partial charge on any atom is -0.493 e. The fraction of sp³-hybridized carbons (Fsp3) is 0.412. The third-order valence-corrected chi connectivity index (χ3v) is 3.48. The summed E-state index contributed by atoms with van der Waals surface area (Å²) < 4.78 is 15.9. The van der Waals surface area contributed by atoms with Gasteiger partial charge >= 0.3 is 5.69 Å². The number of aromatic amines is 1. The van der Waals surface area contributed by atoms with Gasteiger partial charge in [-0.1, -0.05) is 20.8 Å². The van der Waals surface area contributed by atoms with Crippen molar-refractivity contribution in [2.45, 2.75) is 26.2 Å². The zero-order chi connectivity index (χ0) is 19.3. The normalized spacial score (nSPS) is 11.5. The quantitative estimate of drug-likeness (QED) is 0.597. The van der Waals surface area contributed by atoms with Gasteiger partial charge in [-0.25, -0.2) is 9.89 Å². The number of hydrazone groups is 1. The van der Waals surface area contributed by atoms with Gasteiger partial charge in [0.05, 0.1) is 27.5 Å². The summed E-state index contributed by atoms with van der Waals surface area (Å²) in [6.07, 6.45) is 1.56. The zero-order valence-corrected chi connectivity index (χ0v) is 15.7. The van der Waals surface area contributed by atoms with E-state index in [1.807, 2.05) is 20.8 Å². The maximum Gasteiger partial charge on any atom is 0.363 e. The Morgan fingerprint density at radius 1 is 1.12 bits per heavy atom. The van der Waals surface area contributed by atoms with Crippen LogP contribution in [0.5, 0.6) is 17.2 Å². The monoisotopic (exact) mass is 361 g/mol. The van der Waals surface area contributed by atoms with Crippen molar-refractivity contribution in [3.05, 3.63) is 33.9 Å². The Morgan fingerprint density at radius 3 is 2.23 bits per heavy atom. The van der Waals surface area contributed by atoms with E-state index in [9.17, 15) is 4.79 Å². The molecule has 0 saturated heterocycles. The third kappa shape index (κ3) is 4.29. The van der Waals surface area contributed by atoms with Crippen LogP contribution in [0, 0.1) is 0 Å². The van der Waals surface area contributed by atoms with Crippen LogP contribution in [0.1, 0.15) is 32.0 Å². The van der Waals surface area contributed by atoms with Crippen molar-refractivity contribution in [1.82, 2.24) is 15.2 Å². The highest BCUT2D eigenvalue weighted by atomic mass is 16.5. The topological polar surface area (TPSA) is 111 Å². The van der Waals surface area contributed by atoms with E-state index in [-0.39, 0.29) is 5.41 Å². The molecule has 0 saturated carbocycles. The molecule has 1 aromatic heterocycles. The summed E-state index contributed by atoms with van der Waals surface area (Å²) in [5.41, 5.74) is 3.21. The molecule has 0 unspecified atom stereocenters. The first-order chi connectivity index (χ1) is 12.3. The molecule has 9 nitrogen and oxygen atoms in total. The number of anilines is 1. The van der Waals surface area contributed by atoms with E-state index in [1.165, 1.54) is 21.3 Å². The Hall–Kier alpha value is -3.10. The number of nitrogens with zero attached hydrogens (tertiary/aromatic N) is 3. The van der Waals surface area contributed by atoms with Crippen LogP contribution in [-0.4, -0.2) is 42.7 Å². The standard InChI is InChI=1S/C17H23N5O4/c1-17(2,3)14-15(19-16(23)22-20-14)21-18-9-10-7-11(24-4)13(26-6)12(8-10)25-5/h7-9H,1-6H3,(H2,19,21,22,23)/b18-9+. The lowest BCUT2D eigenvalue weighted by Gasteiger charge is -2.18. The molecule has 0 aliphatic carbocycles. The van der Waals surface area contributed by atoms with Crippen molar-refractivity contribution in [2.24, 2.45) is 5.10 Å². The molecular weight excluding hydrogens is 338 g/mol. The Morgan fingerprint density at radius 2 is 1.73 bits per heavy atom. The summed E-state index contributed by atoms with van der Waals surface area (Å²) in [4.78, 5) is 15.4. The number of rotatable bonds is 6. The lowest BCUT2D eigenvalue weighted by Crippen LogP contribution is -2.24. The van der Waals surface area contributed by atoms with Crippen LogP contribution in [0.4, 0.5) is 5.82 Å². The molecule has 0 radical (unpaired) electrons. The van der Waals surface area contributed by atoms with Crippen LogP contribution in [-0.2, 0) is 5.41 Å². The molecule has 0 aliphatic rings. The molecule has 140 valence electrons. The van der Waals surface area contributed by atoms with Gasteiger partial charge in [-0.2, -0.15) is 15.2 Å². The summed E-state index contributed by atoms with van der Waals surface area (Å²) >= 11 is 0. The van der Waals surface area contributed by atoms with Crippen LogP contribution in [0.3, 0.4) is 0 Å². The van der Waals surface area contributed by atoms with Crippen molar-refractivity contribution in [1.29, 1.82) is 0 Å². The van der Waals surface area contributed by atoms with Crippen molar-refractivity contribution in [3.63, 3.8) is 0 Å². The second kappa shape index (κ2) is 7.85. The predicted octanol–water partition coefficient (Wildman–Crippen LogP) is 1.93. The van der Waals surface area contributed by atoms with Crippen molar-refractivity contribution >= 4 is 12.0 Å². The number of ether oxygens (including phenoxy) is 3. The molecule has 0 bridgehead atoms. The minimum absolute atomic E-state index is 0.296. The summed E-state index contributed by atoms with van der Waals surface area (Å²) in [6, 6.07) is 3.50. The SMILES string of the molecule is COc1cc(/C=N/Nc2nc(=O)[nH]nc2C(C)(C)C)cc(OC)c1OC. The number of hydrogen-bond acceptors (Lipinski definition) is 8. The molecule has 1 aromatic carbocycles. The van der Waals surface area contributed by atoms with Crippen LogP contribution in [0.25, 0.3) is 0 Å². The van der Waals surface area contributed by atoms with E-state index in [2.05, 4.69) is 25.7 Å². The highest BCUT2D eigenvalue weighted by molar-refractivity contribution is 5.83. The van der Waals surface area contributed by atoms with Crippen LogP contribution in [0.2, 0.25) is 0 Å². The Bertz CT molecular complexity index is 830. The van der Waals surface area contributed by atoms with Gasteiger partial charge in [-0.15, -0.1) is 0 Å². The molecule has 1 heterocycles. The van der Waals surface area contributed by atoms with E-state index in [4.69, 9.17) is 14.2 Å². The van der Waals surface area contributed by atoms with Gasteiger partial charge in [0, 0.05) is 11.0 Å². The molecule has 0 fully saturated rings. The molecule has 9 heteroatoms. The van der Waals surface area contributed by atoms with Gasteiger partial charge in [0.1, 0.15) is 5.69 Å². The molecule has 0 amide bonds. The average Bonchev–Trinajstić information content (AvgIpc) is 2.59. The third-order valence-electron chi connectivity index (χ3n) is 3.48. The van der Waals surface area contributed by atoms with E-state index >= 15 is 0 Å². The van der Waals surface area contributed by atoms with Gasteiger partial charge in [0.15, 0.2) is 17.3 Å². The summed E-state index contributed by atoms with van der Waals surface area (Å²) in [6.45, 7) is 5.89. The second-order valence-electron chi connectivity index (χ2n) is 6.42. The maximum absolute atomic E-state index is 11.5. The van der Waals surface area contributed by atoms with Gasteiger partial charge in [-0.3, -0.25) is 5.43 Å². The minimum atomic E-state index is -0.552. The first-order valence-electron chi connectivity index (χ1n) is 7.86. The van der Waals surface area contributed by atoms with E-state index in [1.54, 1.807) is 18.3 Å². The van der Waals surface area contributed by atoms with Crippen LogP contribution < -0.4 is 25.3 Å². The zero-order valence-electron chi connectivity index (χ0n) is 15.7. The fourth-order valence-electron chi connectivity index (χ4n) is 2.28. The van der Waals surface area contributed by atoms with Crippen LogP contribution in [0.15, 0.2) is 22.0 Å². The number of benzene rings is 1. The molecule has 0 aliphatic heterocycles.